The van der Waals surface area contributed by atoms with Gasteiger partial charge < -0.3 is 9.67 Å². The molecular weight excluding hydrogens is 545 g/mol. The predicted octanol–water partition coefficient (Wildman–Crippen LogP) is 5.56. The first kappa shape index (κ1) is 31.4. The number of rotatable bonds is 11. The van der Waals surface area contributed by atoms with Gasteiger partial charge >= 0.3 is 5.69 Å². The number of hydrogen-bond acceptors (Lipinski definition) is 4. The number of para-hydroxylation sites is 4. The lowest BCUT2D eigenvalue weighted by atomic mass is 10.1. The van der Waals surface area contributed by atoms with Gasteiger partial charge in [0.25, 0.3) is 0 Å². The third kappa shape index (κ3) is 6.78. The van der Waals surface area contributed by atoms with Crippen LogP contribution in [0.3, 0.4) is 0 Å². The summed E-state index contributed by atoms with van der Waals surface area (Å²) < 4.78 is 6.00. The second-order valence-corrected chi connectivity index (χ2v) is 10.6. The zero-order valence-electron chi connectivity index (χ0n) is 23.4. The van der Waals surface area contributed by atoms with Crippen LogP contribution in [0.2, 0.25) is 0 Å². The van der Waals surface area contributed by atoms with E-state index < -0.39 is 0 Å². The van der Waals surface area contributed by atoms with E-state index in [-0.39, 0.29) is 37.1 Å². The molecule has 7 nitrogen and oxygen atoms in total. The summed E-state index contributed by atoms with van der Waals surface area (Å²) in [7, 11) is 2.00. The Morgan fingerprint density at radius 2 is 1.38 bits per heavy atom. The highest BCUT2D eigenvalue weighted by Gasteiger charge is 2.17. The zero-order chi connectivity index (χ0) is 26.6. The number of aliphatic hydroxyl groups is 1. The highest BCUT2D eigenvalue weighted by Crippen LogP contribution is 2.21. The summed E-state index contributed by atoms with van der Waals surface area (Å²) >= 11 is 0. The molecule has 5 aromatic rings. The van der Waals surface area contributed by atoms with E-state index in [0.29, 0.717) is 25.6 Å². The second kappa shape index (κ2) is 14.0. The van der Waals surface area contributed by atoms with Crippen molar-refractivity contribution >= 4 is 46.9 Å². The van der Waals surface area contributed by atoms with E-state index >= 15 is 0 Å². The van der Waals surface area contributed by atoms with E-state index in [2.05, 4.69) is 53.6 Å². The van der Waals surface area contributed by atoms with E-state index in [1.54, 1.807) is 0 Å². The summed E-state index contributed by atoms with van der Waals surface area (Å²) in [5.41, 5.74) is 6.15. The number of halogens is 2. The molecule has 2 aromatic heterocycles. The summed E-state index contributed by atoms with van der Waals surface area (Å²) in [6.07, 6.45) is 1.05. The van der Waals surface area contributed by atoms with Crippen LogP contribution >= 0.6 is 24.8 Å². The van der Waals surface area contributed by atoms with E-state index in [4.69, 9.17) is 10.1 Å². The van der Waals surface area contributed by atoms with Gasteiger partial charge in [-0.15, -0.1) is 24.8 Å². The van der Waals surface area contributed by atoms with E-state index in [0.717, 1.165) is 53.0 Å². The van der Waals surface area contributed by atoms with Crippen LogP contribution in [0.4, 0.5) is 0 Å². The highest BCUT2D eigenvalue weighted by atomic mass is 35.5. The van der Waals surface area contributed by atoms with Crippen molar-refractivity contribution in [1.29, 1.82) is 0 Å². The van der Waals surface area contributed by atoms with Crippen molar-refractivity contribution < 1.29 is 5.11 Å². The fourth-order valence-electron chi connectivity index (χ4n) is 5.10. The first-order chi connectivity index (χ1) is 18.4. The molecule has 0 aliphatic rings. The van der Waals surface area contributed by atoms with Crippen LogP contribution in [-0.2, 0) is 26.2 Å². The SMILES string of the molecule is CC(C)CCn1c(Cn2c(=O)n(Cc3ccc(CN(C)CCO)cc3)c3ccccc32)nc2ccccc21.Cl.Cl. The molecule has 0 saturated heterocycles. The molecule has 214 valence electrons. The normalized spacial score (nSPS) is 11.3. The van der Waals surface area contributed by atoms with Crippen molar-refractivity contribution in [2.45, 2.75) is 46.4 Å². The van der Waals surface area contributed by atoms with Gasteiger partial charge in [-0.2, -0.15) is 0 Å². The van der Waals surface area contributed by atoms with Crippen molar-refractivity contribution in [1.82, 2.24) is 23.6 Å². The fraction of sp³-hybridized carbons (Fsp3) is 0.355. The van der Waals surface area contributed by atoms with E-state index in [9.17, 15) is 4.79 Å². The molecule has 3 aromatic carbocycles. The van der Waals surface area contributed by atoms with Crippen LogP contribution in [-0.4, -0.2) is 48.9 Å². The van der Waals surface area contributed by atoms with E-state index in [1.807, 2.05) is 58.6 Å². The van der Waals surface area contributed by atoms with E-state index in [1.165, 1.54) is 5.56 Å². The molecule has 0 atom stereocenters. The molecule has 5 rings (SSSR count). The van der Waals surface area contributed by atoms with Crippen molar-refractivity contribution in [2.24, 2.45) is 5.92 Å². The molecule has 0 spiro atoms. The summed E-state index contributed by atoms with van der Waals surface area (Å²) in [6.45, 7) is 7.84. The number of imidazole rings is 2. The zero-order valence-corrected chi connectivity index (χ0v) is 25.0. The Kier molecular flexibility index (Phi) is 11.0. The maximum absolute atomic E-state index is 13.8. The van der Waals surface area contributed by atoms with Gasteiger partial charge in [0.2, 0.25) is 0 Å². The lowest BCUT2D eigenvalue weighted by Crippen LogP contribution is -2.26. The van der Waals surface area contributed by atoms with Crippen LogP contribution in [0.25, 0.3) is 22.1 Å². The fourth-order valence-corrected chi connectivity index (χ4v) is 5.10. The van der Waals surface area contributed by atoms with Crippen molar-refractivity contribution in [2.75, 3.05) is 20.2 Å². The first-order valence-corrected chi connectivity index (χ1v) is 13.4. The number of likely N-dealkylation sites (N-methyl/N-ethyl adjacent to an activating group) is 1. The summed E-state index contributed by atoms with van der Waals surface area (Å²) in [5, 5.41) is 9.15. The molecule has 0 amide bonds. The Balaban J connectivity index is 0.00000220. The van der Waals surface area contributed by atoms with Gasteiger partial charge in [-0.25, -0.2) is 9.78 Å². The topological polar surface area (TPSA) is 68.2 Å². The molecule has 2 heterocycles. The quantitative estimate of drug-likeness (QED) is 0.221. The molecule has 9 heteroatoms. The molecule has 0 bridgehead atoms. The van der Waals surface area contributed by atoms with Gasteiger partial charge in [-0.05, 0) is 54.8 Å². The summed E-state index contributed by atoms with van der Waals surface area (Å²) in [4.78, 5) is 20.9. The van der Waals surface area contributed by atoms with Gasteiger partial charge in [0.15, 0.2) is 0 Å². The smallest absolute Gasteiger partial charge is 0.329 e. The highest BCUT2D eigenvalue weighted by molar-refractivity contribution is 5.85. The number of nitrogens with zero attached hydrogens (tertiary/aromatic N) is 5. The Hall–Kier alpha value is -3.10. The Morgan fingerprint density at radius 3 is 2.00 bits per heavy atom. The minimum absolute atomic E-state index is 0. The van der Waals surface area contributed by atoms with Gasteiger partial charge in [0.1, 0.15) is 5.82 Å². The Labute approximate surface area is 247 Å². The molecular formula is C31H39Cl2N5O2. The third-order valence-corrected chi connectivity index (χ3v) is 7.19. The maximum Gasteiger partial charge on any atom is 0.329 e. The lowest BCUT2D eigenvalue weighted by molar-refractivity contribution is 0.217. The average Bonchev–Trinajstić information content (AvgIpc) is 3.39. The Morgan fingerprint density at radius 1 is 0.800 bits per heavy atom. The number of aromatic nitrogens is 4. The standard InChI is InChI=1S/C31H37N5O2.2ClH/c1-23(2)16-17-34-27-9-5-4-8-26(27)32-30(34)22-36-29-11-7-6-10-28(29)35(31(36)38)21-25-14-12-24(13-15-25)20-33(3)18-19-37;;/h4-15,23,37H,16-22H2,1-3H3;2*1H. The molecule has 0 aliphatic carbocycles. The summed E-state index contributed by atoms with van der Waals surface area (Å²) in [5.74, 6) is 1.49. The molecule has 0 unspecified atom stereocenters. The minimum atomic E-state index is -0.0274. The molecule has 0 aliphatic heterocycles. The van der Waals surface area contributed by atoms with Gasteiger partial charge in [0.05, 0.1) is 41.8 Å². The van der Waals surface area contributed by atoms with Crippen LogP contribution < -0.4 is 5.69 Å². The van der Waals surface area contributed by atoms with Crippen molar-refractivity contribution in [3.05, 3.63) is 100 Å². The largest absolute Gasteiger partial charge is 0.395 e. The molecule has 1 N–H and O–H groups in total. The van der Waals surface area contributed by atoms with Gasteiger partial charge in [-0.3, -0.25) is 14.0 Å². The predicted molar refractivity (Wildman–Crippen MR) is 168 cm³/mol. The maximum atomic E-state index is 13.8. The van der Waals surface area contributed by atoms with Crippen LogP contribution in [0.15, 0.2) is 77.6 Å². The number of benzene rings is 3. The first-order valence-electron chi connectivity index (χ1n) is 13.4. The number of aryl methyl sites for hydroxylation is 1. The van der Waals surface area contributed by atoms with Crippen LogP contribution in [0.5, 0.6) is 0 Å². The number of fused-ring (bicyclic) bond motifs is 2. The molecule has 0 fully saturated rings. The second-order valence-electron chi connectivity index (χ2n) is 10.6. The Bertz CT molecular complexity index is 1590. The van der Waals surface area contributed by atoms with Gasteiger partial charge in [0, 0.05) is 19.6 Å². The molecule has 0 radical (unpaired) electrons. The van der Waals surface area contributed by atoms with Gasteiger partial charge in [-0.1, -0.05) is 62.4 Å². The van der Waals surface area contributed by atoms with Crippen LogP contribution in [0.1, 0.15) is 37.2 Å². The lowest BCUT2D eigenvalue weighted by Gasteiger charge is -2.15. The third-order valence-electron chi connectivity index (χ3n) is 7.19. The number of aliphatic hydroxyl groups excluding tert-OH is 1. The van der Waals surface area contributed by atoms with Crippen LogP contribution in [0, 0.1) is 5.92 Å². The van der Waals surface area contributed by atoms with Crippen molar-refractivity contribution in [3.8, 4) is 0 Å². The molecule has 0 saturated carbocycles. The average molecular weight is 585 g/mol. The molecule has 40 heavy (non-hydrogen) atoms. The number of hydrogen-bond donors (Lipinski definition) is 1. The monoisotopic (exact) mass is 583 g/mol. The summed E-state index contributed by atoms with van der Waals surface area (Å²) in [6, 6.07) is 24.6. The van der Waals surface area contributed by atoms with Crippen molar-refractivity contribution in [3.63, 3.8) is 0 Å². The minimum Gasteiger partial charge on any atom is -0.395 e.